The number of anilines is 2. The second kappa shape index (κ2) is 8.60. The smallest absolute Gasteiger partial charge is 0.258 e. The van der Waals surface area contributed by atoms with Crippen LogP contribution in [0.1, 0.15) is 21.7 Å². The van der Waals surface area contributed by atoms with Gasteiger partial charge in [-0.1, -0.05) is 11.2 Å². The third-order valence-electron chi connectivity index (χ3n) is 4.86. The van der Waals surface area contributed by atoms with Gasteiger partial charge >= 0.3 is 0 Å². The van der Waals surface area contributed by atoms with E-state index >= 15 is 0 Å². The summed E-state index contributed by atoms with van der Waals surface area (Å²) in [6, 6.07) is 8.75. The first-order valence-corrected chi connectivity index (χ1v) is 9.74. The highest BCUT2D eigenvalue weighted by molar-refractivity contribution is 6.12. The van der Waals surface area contributed by atoms with Crippen molar-refractivity contribution >= 4 is 34.3 Å². The Labute approximate surface area is 173 Å². The Balaban J connectivity index is 1.46. The van der Waals surface area contributed by atoms with Gasteiger partial charge in [0.15, 0.2) is 0 Å². The Kier molecular flexibility index (Phi) is 5.73. The molecule has 9 nitrogen and oxygen atoms in total. The van der Waals surface area contributed by atoms with Crippen molar-refractivity contribution in [3.8, 4) is 0 Å². The summed E-state index contributed by atoms with van der Waals surface area (Å²) in [4.78, 5) is 31.6. The van der Waals surface area contributed by atoms with Crippen LogP contribution in [0.3, 0.4) is 0 Å². The Morgan fingerprint density at radius 3 is 2.60 bits per heavy atom. The number of nitrogens with one attached hydrogen (secondary N) is 2. The van der Waals surface area contributed by atoms with Crippen LogP contribution in [0.4, 0.5) is 11.4 Å². The third-order valence-corrected chi connectivity index (χ3v) is 4.86. The number of ether oxygens (including phenoxy) is 1. The first kappa shape index (κ1) is 20.0. The minimum Gasteiger partial charge on any atom is -0.379 e. The number of amides is 2. The predicted octanol–water partition coefficient (Wildman–Crippen LogP) is 2.36. The van der Waals surface area contributed by atoms with Crippen LogP contribution in [-0.2, 0) is 9.53 Å². The van der Waals surface area contributed by atoms with E-state index in [0.29, 0.717) is 59.2 Å². The zero-order valence-corrected chi connectivity index (χ0v) is 16.9. The molecule has 1 fully saturated rings. The van der Waals surface area contributed by atoms with Gasteiger partial charge in [0.2, 0.25) is 5.91 Å². The fourth-order valence-electron chi connectivity index (χ4n) is 3.43. The summed E-state index contributed by atoms with van der Waals surface area (Å²) in [7, 11) is 0. The quantitative estimate of drug-likeness (QED) is 0.666. The molecule has 3 aromatic rings. The van der Waals surface area contributed by atoms with Gasteiger partial charge in [0, 0.05) is 30.2 Å². The number of pyridine rings is 1. The van der Waals surface area contributed by atoms with Crippen LogP contribution in [0.25, 0.3) is 11.1 Å². The zero-order chi connectivity index (χ0) is 21.1. The Bertz CT molecular complexity index is 1090. The van der Waals surface area contributed by atoms with Gasteiger partial charge in [-0.3, -0.25) is 14.5 Å². The largest absolute Gasteiger partial charge is 0.379 e. The summed E-state index contributed by atoms with van der Waals surface area (Å²) < 4.78 is 10.5. The maximum Gasteiger partial charge on any atom is 0.258 e. The maximum atomic E-state index is 12.9. The standard InChI is InChI=1S/C21H23N5O4/c1-13-10-17(19-14(2)25-30-21(19)22-13)20(28)24-16-5-3-4-15(11-16)23-18(27)12-26-6-8-29-9-7-26/h3-5,10-11H,6-9,12H2,1-2H3,(H,23,27)(H,24,28). The Morgan fingerprint density at radius 1 is 1.10 bits per heavy atom. The number of aryl methyl sites for hydroxylation is 2. The van der Waals surface area contributed by atoms with Crippen LogP contribution < -0.4 is 10.6 Å². The first-order valence-electron chi connectivity index (χ1n) is 9.74. The minimum absolute atomic E-state index is 0.105. The molecule has 3 heterocycles. The Morgan fingerprint density at radius 2 is 1.83 bits per heavy atom. The number of carbonyl (C=O) groups is 2. The van der Waals surface area contributed by atoms with Gasteiger partial charge in [-0.15, -0.1) is 0 Å². The summed E-state index contributed by atoms with van der Waals surface area (Å²) in [5.41, 5.74) is 3.23. The van der Waals surface area contributed by atoms with Crippen molar-refractivity contribution in [1.82, 2.24) is 15.0 Å². The van der Waals surface area contributed by atoms with Crippen molar-refractivity contribution in [2.75, 3.05) is 43.5 Å². The monoisotopic (exact) mass is 409 g/mol. The van der Waals surface area contributed by atoms with Crippen LogP contribution >= 0.6 is 0 Å². The van der Waals surface area contributed by atoms with E-state index < -0.39 is 0 Å². The number of morpholine rings is 1. The molecule has 9 heteroatoms. The maximum absolute atomic E-state index is 12.9. The van der Waals surface area contributed by atoms with Crippen molar-refractivity contribution in [3.63, 3.8) is 0 Å². The van der Waals surface area contributed by atoms with Crippen molar-refractivity contribution in [3.05, 3.63) is 47.3 Å². The van der Waals surface area contributed by atoms with Crippen LogP contribution in [0.5, 0.6) is 0 Å². The van der Waals surface area contributed by atoms with Gasteiger partial charge in [0.05, 0.1) is 36.4 Å². The fourth-order valence-corrected chi connectivity index (χ4v) is 3.43. The number of nitrogens with zero attached hydrogens (tertiary/aromatic N) is 3. The van der Waals surface area contributed by atoms with E-state index in [1.54, 1.807) is 44.2 Å². The summed E-state index contributed by atoms with van der Waals surface area (Å²) >= 11 is 0. The van der Waals surface area contributed by atoms with Crippen LogP contribution in [-0.4, -0.2) is 59.7 Å². The van der Waals surface area contributed by atoms with Crippen LogP contribution in [0, 0.1) is 13.8 Å². The van der Waals surface area contributed by atoms with E-state index in [2.05, 4.69) is 20.8 Å². The van der Waals surface area contributed by atoms with Crippen molar-refractivity contribution < 1.29 is 18.8 Å². The highest BCUT2D eigenvalue weighted by Gasteiger charge is 2.18. The molecular weight excluding hydrogens is 386 g/mol. The SMILES string of the molecule is Cc1cc(C(=O)Nc2cccc(NC(=O)CN3CCOCC3)c2)c2c(C)noc2n1. The van der Waals surface area contributed by atoms with Gasteiger partial charge in [0.1, 0.15) is 0 Å². The highest BCUT2D eigenvalue weighted by atomic mass is 16.5. The summed E-state index contributed by atoms with van der Waals surface area (Å²) in [6.07, 6.45) is 0. The lowest BCUT2D eigenvalue weighted by molar-refractivity contribution is -0.118. The molecule has 2 aromatic heterocycles. The third kappa shape index (κ3) is 4.47. The molecule has 0 radical (unpaired) electrons. The number of rotatable bonds is 5. The number of fused-ring (bicyclic) bond motifs is 1. The molecule has 2 amide bonds. The second-order valence-electron chi connectivity index (χ2n) is 7.23. The molecule has 2 N–H and O–H groups in total. The second-order valence-corrected chi connectivity index (χ2v) is 7.23. The van der Waals surface area contributed by atoms with Crippen LogP contribution in [0.15, 0.2) is 34.9 Å². The average molecular weight is 409 g/mol. The normalized spacial score (nSPS) is 14.6. The molecule has 0 atom stereocenters. The summed E-state index contributed by atoms with van der Waals surface area (Å²) in [5.74, 6) is -0.402. The van der Waals surface area contributed by atoms with E-state index in [4.69, 9.17) is 9.26 Å². The lowest BCUT2D eigenvalue weighted by Gasteiger charge is -2.25. The molecular formula is C21H23N5O4. The molecule has 0 unspecified atom stereocenters. The van der Waals surface area contributed by atoms with E-state index in [1.807, 2.05) is 4.90 Å². The lowest BCUT2D eigenvalue weighted by atomic mass is 10.1. The molecule has 1 aliphatic heterocycles. The average Bonchev–Trinajstić information content (AvgIpc) is 3.08. The van der Waals surface area contributed by atoms with E-state index in [9.17, 15) is 9.59 Å². The number of aromatic nitrogens is 2. The van der Waals surface area contributed by atoms with Crippen molar-refractivity contribution in [2.24, 2.45) is 0 Å². The molecule has 30 heavy (non-hydrogen) atoms. The Hall–Kier alpha value is -3.30. The molecule has 4 rings (SSSR count). The molecule has 1 saturated heterocycles. The van der Waals surface area contributed by atoms with Crippen molar-refractivity contribution in [1.29, 1.82) is 0 Å². The highest BCUT2D eigenvalue weighted by Crippen LogP contribution is 2.23. The van der Waals surface area contributed by atoms with E-state index in [0.717, 1.165) is 13.1 Å². The minimum atomic E-state index is -0.298. The number of benzene rings is 1. The molecule has 1 aliphatic rings. The molecule has 1 aromatic carbocycles. The predicted molar refractivity (Wildman–Crippen MR) is 112 cm³/mol. The van der Waals surface area contributed by atoms with Gasteiger partial charge in [-0.25, -0.2) is 4.98 Å². The lowest BCUT2D eigenvalue weighted by Crippen LogP contribution is -2.41. The van der Waals surface area contributed by atoms with E-state index in [1.165, 1.54) is 0 Å². The molecule has 156 valence electrons. The van der Waals surface area contributed by atoms with Gasteiger partial charge < -0.3 is 19.9 Å². The number of hydrogen-bond donors (Lipinski definition) is 2. The molecule has 0 spiro atoms. The number of hydrogen-bond acceptors (Lipinski definition) is 7. The van der Waals surface area contributed by atoms with Crippen molar-refractivity contribution in [2.45, 2.75) is 13.8 Å². The molecule has 0 bridgehead atoms. The number of carbonyl (C=O) groups excluding carboxylic acids is 2. The summed E-state index contributed by atoms with van der Waals surface area (Å²) in [6.45, 7) is 6.63. The zero-order valence-electron chi connectivity index (χ0n) is 16.9. The molecule has 0 saturated carbocycles. The first-order chi connectivity index (χ1) is 14.5. The van der Waals surface area contributed by atoms with Crippen LogP contribution in [0.2, 0.25) is 0 Å². The van der Waals surface area contributed by atoms with E-state index in [-0.39, 0.29) is 11.8 Å². The summed E-state index contributed by atoms with van der Waals surface area (Å²) in [5, 5.41) is 10.2. The molecule has 0 aliphatic carbocycles. The van der Waals surface area contributed by atoms with Gasteiger partial charge in [-0.05, 0) is 38.1 Å². The topological polar surface area (TPSA) is 110 Å². The van der Waals surface area contributed by atoms with Gasteiger partial charge in [0.25, 0.3) is 11.6 Å². The van der Waals surface area contributed by atoms with Gasteiger partial charge in [-0.2, -0.15) is 0 Å². The fraction of sp³-hybridized carbons (Fsp3) is 0.333.